The molecule has 16 heavy (non-hydrogen) atoms. The van der Waals surface area contributed by atoms with E-state index in [2.05, 4.69) is 38.8 Å². The average Bonchev–Trinajstić information content (AvgIpc) is 2.29. The summed E-state index contributed by atoms with van der Waals surface area (Å²) in [6, 6.07) is 0. The third-order valence-electron chi connectivity index (χ3n) is 2.27. The first-order valence-electron chi connectivity index (χ1n) is 6.12. The second-order valence-electron chi connectivity index (χ2n) is 3.87. The Morgan fingerprint density at radius 3 is 2.12 bits per heavy atom. The minimum Gasteiger partial charge on any atom is -0.381 e. The first-order valence-corrected chi connectivity index (χ1v) is 8.36. The molecule has 0 saturated carbocycles. The molecule has 0 N–H and O–H groups in total. The molecule has 4 heteroatoms. The van der Waals surface area contributed by atoms with Crippen LogP contribution in [0.15, 0.2) is 0 Å². The Labute approximate surface area is 117 Å². The van der Waals surface area contributed by atoms with Crippen molar-refractivity contribution in [3.63, 3.8) is 0 Å². The molecule has 0 bridgehead atoms. The molecule has 0 aliphatic carbocycles. The van der Waals surface area contributed by atoms with Gasteiger partial charge in [0.15, 0.2) is 0 Å². The molecule has 98 valence electrons. The molecule has 0 radical (unpaired) electrons. The van der Waals surface area contributed by atoms with Crippen molar-refractivity contribution in [2.75, 3.05) is 30.5 Å². The number of hydrogen-bond donors (Lipinski definition) is 0. The summed E-state index contributed by atoms with van der Waals surface area (Å²) in [7, 11) is 0. The quantitative estimate of drug-likeness (QED) is 0.385. The van der Waals surface area contributed by atoms with E-state index in [0.29, 0.717) is 6.10 Å². The summed E-state index contributed by atoms with van der Waals surface area (Å²) in [5.41, 5.74) is 0. The van der Waals surface area contributed by atoms with E-state index in [4.69, 9.17) is 9.47 Å². The van der Waals surface area contributed by atoms with Crippen LogP contribution in [0.5, 0.6) is 0 Å². The van der Waals surface area contributed by atoms with Gasteiger partial charge >= 0.3 is 0 Å². The fourth-order valence-electron chi connectivity index (χ4n) is 1.21. The summed E-state index contributed by atoms with van der Waals surface area (Å²) in [6.45, 7) is 4.69. The second kappa shape index (κ2) is 13.9. The molecule has 0 aromatic heterocycles. The van der Waals surface area contributed by atoms with Gasteiger partial charge in [-0.05, 0) is 39.0 Å². The maximum Gasteiger partial charge on any atom is 0.0568 e. The van der Waals surface area contributed by atoms with Crippen LogP contribution in [-0.2, 0) is 9.47 Å². The lowest BCUT2D eigenvalue weighted by molar-refractivity contribution is 0.0300. The number of ether oxygens (including phenoxy) is 2. The maximum absolute atomic E-state index is 5.66. The van der Waals surface area contributed by atoms with Crippen LogP contribution in [0.3, 0.4) is 0 Å². The minimum atomic E-state index is 0.325. The van der Waals surface area contributed by atoms with Crippen LogP contribution in [0.25, 0.3) is 0 Å². The zero-order valence-corrected chi connectivity index (χ0v) is 13.4. The van der Waals surface area contributed by atoms with Gasteiger partial charge in [-0.25, -0.2) is 0 Å². The highest BCUT2D eigenvalue weighted by Gasteiger charge is 2.01. The Morgan fingerprint density at radius 1 is 0.875 bits per heavy atom. The Morgan fingerprint density at radius 2 is 1.50 bits per heavy atom. The lowest BCUT2D eigenvalue weighted by Crippen LogP contribution is -2.13. The van der Waals surface area contributed by atoms with Gasteiger partial charge in [-0.1, -0.05) is 31.9 Å². The van der Waals surface area contributed by atoms with Crippen molar-refractivity contribution in [2.45, 2.75) is 45.1 Å². The van der Waals surface area contributed by atoms with E-state index in [9.17, 15) is 0 Å². The SMILES string of the molecule is CC(CCOCCCCBr)OCCCCBr. The molecule has 0 fully saturated rings. The maximum atomic E-state index is 5.66. The van der Waals surface area contributed by atoms with Gasteiger partial charge in [0.2, 0.25) is 0 Å². The number of unbranched alkanes of at least 4 members (excludes halogenated alkanes) is 2. The van der Waals surface area contributed by atoms with Crippen molar-refractivity contribution in [1.82, 2.24) is 0 Å². The third-order valence-corrected chi connectivity index (χ3v) is 3.39. The molecule has 1 atom stereocenters. The number of alkyl halides is 2. The van der Waals surface area contributed by atoms with E-state index < -0.39 is 0 Å². The largest absolute Gasteiger partial charge is 0.381 e. The lowest BCUT2D eigenvalue weighted by atomic mass is 10.3. The van der Waals surface area contributed by atoms with Crippen LogP contribution in [0.2, 0.25) is 0 Å². The molecule has 0 heterocycles. The first kappa shape index (κ1) is 16.9. The molecule has 2 nitrogen and oxygen atoms in total. The number of rotatable bonds is 12. The summed E-state index contributed by atoms with van der Waals surface area (Å²) in [4.78, 5) is 0. The van der Waals surface area contributed by atoms with Gasteiger partial charge in [-0.3, -0.25) is 0 Å². The van der Waals surface area contributed by atoms with Crippen molar-refractivity contribution >= 4 is 31.9 Å². The topological polar surface area (TPSA) is 18.5 Å². The van der Waals surface area contributed by atoms with E-state index in [1.807, 2.05) is 0 Å². The normalized spacial score (nSPS) is 12.9. The molecule has 0 aliphatic heterocycles. The van der Waals surface area contributed by atoms with Gasteiger partial charge in [0.05, 0.1) is 6.10 Å². The molecular formula is C12H24Br2O2. The van der Waals surface area contributed by atoms with Crippen LogP contribution in [0.1, 0.15) is 39.0 Å². The molecule has 0 saturated heterocycles. The minimum absolute atomic E-state index is 0.325. The zero-order valence-electron chi connectivity index (χ0n) is 10.2. The summed E-state index contributed by atoms with van der Waals surface area (Å²) >= 11 is 6.81. The van der Waals surface area contributed by atoms with Crippen LogP contribution >= 0.6 is 31.9 Å². The van der Waals surface area contributed by atoms with Crippen molar-refractivity contribution in [3.05, 3.63) is 0 Å². The predicted molar refractivity (Wildman–Crippen MR) is 76.9 cm³/mol. The Bertz CT molecular complexity index is 134. The van der Waals surface area contributed by atoms with Crippen molar-refractivity contribution in [2.24, 2.45) is 0 Å². The van der Waals surface area contributed by atoms with Gasteiger partial charge < -0.3 is 9.47 Å². The Balaban J connectivity index is 3.08. The first-order chi connectivity index (χ1) is 7.81. The van der Waals surface area contributed by atoms with Gasteiger partial charge in [0.25, 0.3) is 0 Å². The van der Waals surface area contributed by atoms with Crippen LogP contribution in [0.4, 0.5) is 0 Å². The molecular weight excluding hydrogens is 336 g/mol. The number of hydrogen-bond acceptors (Lipinski definition) is 2. The standard InChI is InChI=1S/C12H24Br2O2/c1-12(16-10-5-3-8-14)6-11-15-9-4-2-7-13/h12H,2-11H2,1H3. The van der Waals surface area contributed by atoms with Crippen molar-refractivity contribution < 1.29 is 9.47 Å². The lowest BCUT2D eigenvalue weighted by Gasteiger charge is -2.12. The van der Waals surface area contributed by atoms with Crippen molar-refractivity contribution in [1.29, 1.82) is 0 Å². The van der Waals surface area contributed by atoms with Gasteiger partial charge in [-0.15, -0.1) is 0 Å². The van der Waals surface area contributed by atoms with E-state index in [-0.39, 0.29) is 0 Å². The molecule has 0 aromatic carbocycles. The van der Waals surface area contributed by atoms with Crippen molar-refractivity contribution in [3.8, 4) is 0 Å². The highest BCUT2D eigenvalue weighted by molar-refractivity contribution is 9.09. The highest BCUT2D eigenvalue weighted by Crippen LogP contribution is 2.02. The summed E-state index contributed by atoms with van der Waals surface area (Å²) in [5, 5.41) is 2.14. The zero-order chi connectivity index (χ0) is 12.1. The molecule has 0 spiro atoms. The third kappa shape index (κ3) is 12.9. The molecule has 0 amide bonds. The van der Waals surface area contributed by atoms with Gasteiger partial charge in [0.1, 0.15) is 0 Å². The summed E-state index contributed by atoms with van der Waals surface area (Å²) < 4.78 is 11.2. The predicted octanol–water partition coefficient (Wildman–Crippen LogP) is 4.15. The monoisotopic (exact) mass is 358 g/mol. The smallest absolute Gasteiger partial charge is 0.0568 e. The van der Waals surface area contributed by atoms with E-state index in [0.717, 1.165) is 49.7 Å². The fraction of sp³-hybridized carbons (Fsp3) is 1.00. The molecule has 0 rings (SSSR count). The van der Waals surface area contributed by atoms with E-state index in [1.54, 1.807) is 0 Å². The van der Waals surface area contributed by atoms with E-state index in [1.165, 1.54) is 12.8 Å². The fourth-order valence-corrected chi connectivity index (χ4v) is 2.01. The number of halogens is 2. The summed E-state index contributed by atoms with van der Waals surface area (Å²) in [5.74, 6) is 0. The molecule has 0 aromatic rings. The van der Waals surface area contributed by atoms with Crippen LogP contribution in [-0.4, -0.2) is 36.6 Å². The Hall–Kier alpha value is 0.880. The summed E-state index contributed by atoms with van der Waals surface area (Å²) in [6.07, 6.45) is 6.00. The van der Waals surface area contributed by atoms with Crippen LogP contribution in [0, 0.1) is 0 Å². The van der Waals surface area contributed by atoms with Gasteiger partial charge in [-0.2, -0.15) is 0 Å². The Kier molecular flexibility index (Phi) is 14.7. The van der Waals surface area contributed by atoms with E-state index >= 15 is 0 Å². The highest BCUT2D eigenvalue weighted by atomic mass is 79.9. The molecule has 1 unspecified atom stereocenters. The average molecular weight is 360 g/mol. The second-order valence-corrected chi connectivity index (χ2v) is 5.46. The van der Waals surface area contributed by atoms with Gasteiger partial charge in [0, 0.05) is 30.5 Å². The van der Waals surface area contributed by atoms with Crippen LogP contribution < -0.4 is 0 Å². The molecule has 0 aliphatic rings.